The third kappa shape index (κ3) is 4.42. The van der Waals surface area contributed by atoms with Crippen molar-refractivity contribution >= 4 is 34.3 Å². The molecule has 5 aromatic rings. The number of thiazole rings is 1. The van der Waals surface area contributed by atoms with Crippen LogP contribution >= 0.6 is 11.3 Å². The Bertz CT molecular complexity index is 2120. The number of nitrogens with one attached hydrogen (secondary N) is 1. The second-order valence-corrected chi connectivity index (χ2v) is 11.1. The fourth-order valence-electron chi connectivity index (χ4n) is 5.69. The number of para-hydroxylation sites is 1. The van der Waals surface area contributed by atoms with Gasteiger partial charge in [0.25, 0.3) is 5.56 Å². The van der Waals surface area contributed by atoms with Gasteiger partial charge in [0.1, 0.15) is 5.75 Å². The van der Waals surface area contributed by atoms with Crippen LogP contribution in [0.3, 0.4) is 0 Å². The highest BCUT2D eigenvalue weighted by molar-refractivity contribution is 7.07. The Hall–Kier alpha value is -5.09. The van der Waals surface area contributed by atoms with Crippen molar-refractivity contribution in [3.63, 3.8) is 0 Å². The number of benzene rings is 3. The molecule has 43 heavy (non-hydrogen) atoms. The molecule has 0 fully saturated rings. The number of aromatic nitrogens is 2. The van der Waals surface area contributed by atoms with E-state index in [0.717, 1.165) is 27.7 Å². The molecule has 2 aliphatic rings. The molecule has 0 aliphatic carbocycles. The molecule has 0 saturated heterocycles. The van der Waals surface area contributed by atoms with E-state index < -0.39 is 12.0 Å². The van der Waals surface area contributed by atoms with E-state index in [1.165, 1.54) is 11.3 Å². The molecule has 1 N–H and O–H groups in total. The highest BCUT2D eigenvalue weighted by atomic mass is 32.1. The Balaban J connectivity index is 1.48. The number of methoxy groups -OCH3 is 1. The van der Waals surface area contributed by atoms with Gasteiger partial charge in [-0.3, -0.25) is 9.36 Å². The molecule has 1 unspecified atom stereocenters. The van der Waals surface area contributed by atoms with E-state index in [1.807, 2.05) is 66.7 Å². The van der Waals surface area contributed by atoms with Crippen LogP contribution in [0.4, 0.5) is 0 Å². The summed E-state index contributed by atoms with van der Waals surface area (Å²) in [6.07, 6.45) is 1.89. The molecule has 9 nitrogen and oxygen atoms in total. The number of nitrogens with zero attached hydrogens (tertiary/aromatic N) is 2. The quantitative estimate of drug-likeness (QED) is 0.287. The number of aromatic amines is 1. The van der Waals surface area contributed by atoms with Crippen molar-refractivity contribution in [3.8, 4) is 28.5 Å². The molecular weight excluding hydrogens is 566 g/mol. The minimum absolute atomic E-state index is 0.111. The Labute approximate surface area is 249 Å². The maximum absolute atomic E-state index is 14.3. The van der Waals surface area contributed by atoms with Crippen LogP contribution in [0.25, 0.3) is 28.2 Å². The number of rotatable bonds is 6. The first-order valence-electron chi connectivity index (χ1n) is 13.8. The zero-order valence-electron chi connectivity index (χ0n) is 23.7. The van der Waals surface area contributed by atoms with Crippen LogP contribution in [0.1, 0.15) is 31.0 Å². The van der Waals surface area contributed by atoms with Gasteiger partial charge in [-0.2, -0.15) is 0 Å². The summed E-state index contributed by atoms with van der Waals surface area (Å²) in [4.78, 5) is 36.3. The van der Waals surface area contributed by atoms with Crippen molar-refractivity contribution in [3.05, 3.63) is 109 Å². The SMILES string of the molecule is CCOC(=O)C1=C(C)N=c2s/c(=C\c3c(-c4ccccc4)[nH]c4c(OC)cccc34)c(=O)n2C1c1ccc2c(c1)OCO2. The number of carbonyl (C=O) groups is 1. The van der Waals surface area contributed by atoms with Gasteiger partial charge in [0.05, 0.1) is 46.8 Å². The van der Waals surface area contributed by atoms with Gasteiger partial charge in [0, 0.05) is 10.9 Å². The number of hydrogen-bond donors (Lipinski definition) is 1. The summed E-state index contributed by atoms with van der Waals surface area (Å²) < 4.78 is 24.2. The predicted molar refractivity (Wildman–Crippen MR) is 163 cm³/mol. The number of allylic oxidation sites excluding steroid dienone is 1. The van der Waals surface area contributed by atoms with Gasteiger partial charge in [-0.05, 0) is 49.2 Å². The van der Waals surface area contributed by atoms with Crippen molar-refractivity contribution < 1.29 is 23.7 Å². The van der Waals surface area contributed by atoms with Crippen molar-refractivity contribution in [2.24, 2.45) is 4.99 Å². The number of hydrogen-bond acceptors (Lipinski definition) is 8. The summed E-state index contributed by atoms with van der Waals surface area (Å²) in [5.74, 6) is 1.35. The normalized spacial score (nSPS) is 15.9. The largest absolute Gasteiger partial charge is 0.495 e. The van der Waals surface area contributed by atoms with Crippen molar-refractivity contribution in [2.45, 2.75) is 19.9 Å². The monoisotopic (exact) mass is 593 g/mol. The zero-order valence-corrected chi connectivity index (χ0v) is 24.5. The molecule has 1 atom stereocenters. The molecule has 0 saturated carbocycles. The number of fused-ring (bicyclic) bond motifs is 3. The molecule has 2 aliphatic heterocycles. The molecule has 0 amide bonds. The number of ether oxygens (including phenoxy) is 4. The maximum atomic E-state index is 14.3. The first-order chi connectivity index (χ1) is 21.0. The summed E-state index contributed by atoms with van der Waals surface area (Å²) in [6.45, 7) is 3.82. The zero-order chi connectivity index (χ0) is 29.7. The van der Waals surface area contributed by atoms with Crippen LogP contribution in [0, 0.1) is 0 Å². The van der Waals surface area contributed by atoms with Crippen LogP contribution < -0.4 is 29.1 Å². The predicted octanol–water partition coefficient (Wildman–Crippen LogP) is 4.68. The van der Waals surface area contributed by atoms with Crippen molar-refractivity contribution in [1.29, 1.82) is 0 Å². The van der Waals surface area contributed by atoms with E-state index in [1.54, 1.807) is 31.6 Å². The van der Waals surface area contributed by atoms with Crippen LogP contribution in [0.2, 0.25) is 0 Å². The van der Waals surface area contributed by atoms with Gasteiger partial charge >= 0.3 is 5.97 Å². The highest BCUT2D eigenvalue weighted by Gasteiger charge is 2.34. The summed E-state index contributed by atoms with van der Waals surface area (Å²) >= 11 is 1.28. The van der Waals surface area contributed by atoms with E-state index in [-0.39, 0.29) is 19.0 Å². The van der Waals surface area contributed by atoms with Gasteiger partial charge < -0.3 is 23.9 Å². The summed E-state index contributed by atoms with van der Waals surface area (Å²) in [5, 5.41) is 0.916. The molecule has 10 heteroatoms. The molecule has 216 valence electrons. The standard InChI is InChI=1S/C33H27N3O6S/c1-4-40-32(38)27-18(2)34-33-36(30(27)20-13-14-23-25(15-20)42-17-41-23)31(37)26(43-33)16-22-21-11-8-12-24(39-3)29(21)35-28(22)19-9-6-5-7-10-19/h5-16,30,35H,4,17H2,1-3H3/b26-16-. The van der Waals surface area contributed by atoms with Gasteiger partial charge in [-0.1, -0.05) is 59.9 Å². The Kier molecular flexibility index (Phi) is 6.62. The van der Waals surface area contributed by atoms with E-state index in [0.29, 0.717) is 43.4 Å². The van der Waals surface area contributed by atoms with E-state index >= 15 is 0 Å². The first kappa shape index (κ1) is 26.8. The smallest absolute Gasteiger partial charge is 0.338 e. The molecule has 7 rings (SSSR count). The van der Waals surface area contributed by atoms with Crippen LogP contribution in [0.5, 0.6) is 17.2 Å². The Morgan fingerprint density at radius 2 is 1.93 bits per heavy atom. The number of carbonyl (C=O) groups excluding carboxylic acids is 1. The molecule has 0 bridgehead atoms. The second-order valence-electron chi connectivity index (χ2n) is 10.1. The minimum Gasteiger partial charge on any atom is -0.495 e. The molecular formula is C33H27N3O6S. The lowest BCUT2D eigenvalue weighted by atomic mass is 9.95. The van der Waals surface area contributed by atoms with Crippen LogP contribution in [-0.4, -0.2) is 36.0 Å². The van der Waals surface area contributed by atoms with Crippen molar-refractivity contribution in [2.75, 3.05) is 20.5 Å². The van der Waals surface area contributed by atoms with E-state index in [4.69, 9.17) is 23.9 Å². The minimum atomic E-state index is -0.761. The number of H-pyrrole nitrogens is 1. The third-order valence-corrected chi connectivity index (χ3v) is 8.61. The van der Waals surface area contributed by atoms with Crippen LogP contribution in [0.15, 0.2) is 87.8 Å². The molecule has 4 heterocycles. The average molecular weight is 594 g/mol. The lowest BCUT2D eigenvalue weighted by Gasteiger charge is -2.24. The molecule has 0 spiro atoms. The fourth-order valence-corrected chi connectivity index (χ4v) is 6.71. The van der Waals surface area contributed by atoms with E-state index in [2.05, 4.69) is 4.98 Å². The number of esters is 1. The third-order valence-electron chi connectivity index (χ3n) is 7.62. The van der Waals surface area contributed by atoms with Gasteiger partial charge in [0.2, 0.25) is 6.79 Å². The van der Waals surface area contributed by atoms with Gasteiger partial charge in [0.15, 0.2) is 16.3 Å². The lowest BCUT2D eigenvalue weighted by Crippen LogP contribution is -2.39. The van der Waals surface area contributed by atoms with Crippen molar-refractivity contribution in [1.82, 2.24) is 9.55 Å². The maximum Gasteiger partial charge on any atom is 0.338 e. The summed E-state index contributed by atoms with van der Waals surface area (Å²) in [5.41, 5.74) is 4.75. The molecule has 2 aromatic heterocycles. The first-order valence-corrected chi connectivity index (χ1v) is 14.6. The lowest BCUT2D eigenvalue weighted by molar-refractivity contribution is -0.139. The topological polar surface area (TPSA) is 104 Å². The fraction of sp³-hybridized carbons (Fsp3) is 0.182. The summed E-state index contributed by atoms with van der Waals surface area (Å²) in [6, 6.07) is 20.5. The molecule has 3 aromatic carbocycles. The average Bonchev–Trinajstić information content (AvgIpc) is 3.72. The summed E-state index contributed by atoms with van der Waals surface area (Å²) in [7, 11) is 1.63. The molecule has 0 radical (unpaired) electrons. The Morgan fingerprint density at radius 3 is 2.72 bits per heavy atom. The van der Waals surface area contributed by atoms with Crippen LogP contribution in [-0.2, 0) is 9.53 Å². The van der Waals surface area contributed by atoms with E-state index in [9.17, 15) is 9.59 Å². The second kappa shape index (κ2) is 10.6. The van der Waals surface area contributed by atoms with Gasteiger partial charge in [-0.25, -0.2) is 9.79 Å². The highest BCUT2D eigenvalue weighted by Crippen LogP contribution is 2.39. The Morgan fingerprint density at radius 1 is 1.12 bits per heavy atom. The van der Waals surface area contributed by atoms with Gasteiger partial charge in [-0.15, -0.1) is 0 Å².